The van der Waals surface area contributed by atoms with Gasteiger partial charge in [0.1, 0.15) is 0 Å². The standard InChI is InChI=1S/C14H14Cl2N2O/c1-4-5-11-9(2)17(3)18(14(11)19)13-7-6-10(15)8-12(13)16/h4,6-8H,1,5H2,2-3H3. The highest BCUT2D eigenvalue weighted by atomic mass is 35.5. The third-order valence-corrected chi connectivity index (χ3v) is 3.70. The topological polar surface area (TPSA) is 26.9 Å². The minimum Gasteiger partial charge on any atom is -0.285 e. The number of benzene rings is 1. The van der Waals surface area contributed by atoms with Crippen molar-refractivity contribution in [2.24, 2.45) is 7.05 Å². The first kappa shape index (κ1) is 14.0. The third kappa shape index (κ3) is 2.36. The molecule has 0 bridgehead atoms. The van der Waals surface area contributed by atoms with Gasteiger partial charge in [-0.05, 0) is 31.5 Å². The SMILES string of the molecule is C=CCc1c(C)n(C)n(-c2ccc(Cl)cc2Cl)c1=O. The van der Waals surface area contributed by atoms with E-state index in [1.807, 2.05) is 14.0 Å². The largest absolute Gasteiger partial charge is 0.285 e. The first-order chi connectivity index (χ1) is 8.97. The molecule has 0 spiro atoms. The van der Waals surface area contributed by atoms with Gasteiger partial charge < -0.3 is 0 Å². The van der Waals surface area contributed by atoms with Gasteiger partial charge in [0.25, 0.3) is 5.56 Å². The summed E-state index contributed by atoms with van der Waals surface area (Å²) in [6, 6.07) is 5.08. The zero-order chi connectivity index (χ0) is 14.2. The van der Waals surface area contributed by atoms with Gasteiger partial charge in [-0.15, -0.1) is 6.58 Å². The molecule has 2 rings (SSSR count). The first-order valence-electron chi connectivity index (χ1n) is 5.81. The van der Waals surface area contributed by atoms with Crippen LogP contribution in [0.25, 0.3) is 5.69 Å². The highest BCUT2D eigenvalue weighted by Gasteiger charge is 2.16. The minimum absolute atomic E-state index is 0.0795. The molecule has 0 amide bonds. The predicted molar refractivity (Wildman–Crippen MR) is 79.7 cm³/mol. The Morgan fingerprint density at radius 2 is 2.05 bits per heavy atom. The van der Waals surface area contributed by atoms with Crippen LogP contribution in [0.2, 0.25) is 10.0 Å². The number of halogens is 2. The average molecular weight is 297 g/mol. The van der Waals surface area contributed by atoms with Gasteiger partial charge >= 0.3 is 0 Å². The second-order valence-electron chi connectivity index (χ2n) is 4.29. The van der Waals surface area contributed by atoms with E-state index in [4.69, 9.17) is 23.2 Å². The van der Waals surface area contributed by atoms with Crippen molar-refractivity contribution in [3.05, 3.63) is 62.5 Å². The number of rotatable bonds is 3. The highest BCUT2D eigenvalue weighted by Crippen LogP contribution is 2.24. The lowest BCUT2D eigenvalue weighted by Crippen LogP contribution is -2.21. The Hall–Kier alpha value is -1.45. The Kier molecular flexibility index (Phi) is 3.88. The van der Waals surface area contributed by atoms with E-state index >= 15 is 0 Å². The van der Waals surface area contributed by atoms with Crippen LogP contribution in [0.15, 0.2) is 35.6 Å². The van der Waals surface area contributed by atoms with Gasteiger partial charge in [-0.25, -0.2) is 4.68 Å². The summed E-state index contributed by atoms with van der Waals surface area (Å²) in [6.07, 6.45) is 2.26. The first-order valence-corrected chi connectivity index (χ1v) is 6.56. The van der Waals surface area contributed by atoms with Crippen molar-refractivity contribution in [2.45, 2.75) is 13.3 Å². The smallest absolute Gasteiger partial charge is 0.275 e. The lowest BCUT2D eigenvalue weighted by atomic mass is 10.2. The molecule has 0 aliphatic carbocycles. The molecule has 0 saturated heterocycles. The van der Waals surface area contributed by atoms with Crippen LogP contribution in [-0.2, 0) is 13.5 Å². The number of nitrogens with zero attached hydrogens (tertiary/aromatic N) is 2. The van der Waals surface area contributed by atoms with Crippen LogP contribution >= 0.6 is 23.2 Å². The molecule has 5 heteroatoms. The Bertz CT molecular complexity index is 698. The zero-order valence-corrected chi connectivity index (χ0v) is 12.3. The second kappa shape index (κ2) is 5.27. The van der Waals surface area contributed by atoms with Crippen molar-refractivity contribution >= 4 is 23.2 Å². The Morgan fingerprint density at radius 3 is 2.63 bits per heavy atom. The molecule has 2 aromatic rings. The molecule has 0 fully saturated rings. The minimum atomic E-state index is -0.0795. The fraction of sp³-hybridized carbons (Fsp3) is 0.214. The zero-order valence-electron chi connectivity index (χ0n) is 10.8. The predicted octanol–water partition coefficient (Wildman–Crippen LogP) is 3.52. The van der Waals surface area contributed by atoms with Crippen molar-refractivity contribution in [1.29, 1.82) is 0 Å². The molecule has 0 radical (unpaired) electrons. The molecule has 100 valence electrons. The average Bonchev–Trinajstić information content (AvgIpc) is 2.55. The summed E-state index contributed by atoms with van der Waals surface area (Å²) in [5.41, 5.74) is 2.17. The van der Waals surface area contributed by atoms with Crippen LogP contribution in [0.3, 0.4) is 0 Å². The van der Waals surface area contributed by atoms with Crippen molar-refractivity contribution in [3.8, 4) is 5.69 Å². The summed E-state index contributed by atoms with van der Waals surface area (Å²) < 4.78 is 3.34. The maximum Gasteiger partial charge on any atom is 0.275 e. The molecular weight excluding hydrogens is 283 g/mol. The van der Waals surface area contributed by atoms with E-state index in [0.29, 0.717) is 22.2 Å². The molecule has 0 atom stereocenters. The third-order valence-electron chi connectivity index (χ3n) is 3.16. The van der Waals surface area contributed by atoms with E-state index in [1.165, 1.54) is 0 Å². The number of allylic oxidation sites excluding steroid dienone is 1. The number of hydrogen-bond donors (Lipinski definition) is 0. The van der Waals surface area contributed by atoms with Gasteiger partial charge in [0.05, 0.1) is 10.7 Å². The molecular formula is C14H14Cl2N2O. The van der Waals surface area contributed by atoms with Crippen LogP contribution in [-0.4, -0.2) is 9.36 Å². The maximum atomic E-state index is 12.4. The van der Waals surface area contributed by atoms with Crippen LogP contribution in [0, 0.1) is 6.92 Å². The summed E-state index contributed by atoms with van der Waals surface area (Å²) in [6.45, 7) is 5.58. The van der Waals surface area contributed by atoms with Gasteiger partial charge in [0.15, 0.2) is 0 Å². The van der Waals surface area contributed by atoms with Gasteiger partial charge in [-0.1, -0.05) is 29.3 Å². The van der Waals surface area contributed by atoms with Crippen molar-refractivity contribution in [2.75, 3.05) is 0 Å². The van der Waals surface area contributed by atoms with Crippen molar-refractivity contribution < 1.29 is 0 Å². The monoisotopic (exact) mass is 296 g/mol. The molecule has 3 nitrogen and oxygen atoms in total. The molecule has 1 aromatic carbocycles. The molecule has 1 heterocycles. The van der Waals surface area contributed by atoms with Crippen molar-refractivity contribution in [3.63, 3.8) is 0 Å². The Labute approximate surface area is 121 Å². The summed E-state index contributed by atoms with van der Waals surface area (Å²) >= 11 is 12.0. The number of aromatic nitrogens is 2. The lowest BCUT2D eigenvalue weighted by Gasteiger charge is -2.10. The van der Waals surface area contributed by atoms with Gasteiger partial charge in [0, 0.05) is 23.3 Å². The molecule has 0 saturated carbocycles. The van der Waals surface area contributed by atoms with Crippen LogP contribution in [0.4, 0.5) is 0 Å². The molecule has 0 N–H and O–H groups in total. The fourth-order valence-corrected chi connectivity index (χ4v) is 2.56. The quantitative estimate of drug-likeness (QED) is 0.796. The maximum absolute atomic E-state index is 12.4. The molecule has 0 unspecified atom stereocenters. The van der Waals surface area contributed by atoms with E-state index in [-0.39, 0.29) is 5.56 Å². The summed E-state index contributed by atoms with van der Waals surface area (Å²) in [5.74, 6) is 0. The van der Waals surface area contributed by atoms with Gasteiger partial charge in [-0.2, -0.15) is 0 Å². The molecule has 0 aliphatic heterocycles. The second-order valence-corrected chi connectivity index (χ2v) is 5.14. The van der Waals surface area contributed by atoms with E-state index in [1.54, 1.807) is 33.6 Å². The van der Waals surface area contributed by atoms with Gasteiger partial charge in [0.2, 0.25) is 0 Å². The fourth-order valence-electron chi connectivity index (χ4n) is 2.07. The van der Waals surface area contributed by atoms with Crippen LogP contribution in [0.1, 0.15) is 11.3 Å². The summed E-state index contributed by atoms with van der Waals surface area (Å²) in [4.78, 5) is 12.4. The Balaban J connectivity index is 2.73. The van der Waals surface area contributed by atoms with Crippen LogP contribution < -0.4 is 5.56 Å². The molecule has 19 heavy (non-hydrogen) atoms. The van der Waals surface area contributed by atoms with E-state index < -0.39 is 0 Å². The molecule has 1 aromatic heterocycles. The van der Waals surface area contributed by atoms with Crippen molar-refractivity contribution in [1.82, 2.24) is 9.36 Å². The highest BCUT2D eigenvalue weighted by molar-refractivity contribution is 6.35. The van der Waals surface area contributed by atoms with E-state index in [9.17, 15) is 4.79 Å². The number of hydrogen-bond acceptors (Lipinski definition) is 1. The van der Waals surface area contributed by atoms with Gasteiger partial charge in [-0.3, -0.25) is 9.48 Å². The normalized spacial score (nSPS) is 10.7. The van der Waals surface area contributed by atoms with E-state index in [2.05, 4.69) is 6.58 Å². The van der Waals surface area contributed by atoms with E-state index in [0.717, 1.165) is 11.3 Å². The summed E-state index contributed by atoms with van der Waals surface area (Å²) in [5, 5.41) is 0.986. The molecule has 0 aliphatic rings. The Morgan fingerprint density at radius 1 is 1.37 bits per heavy atom. The summed E-state index contributed by atoms with van der Waals surface area (Å²) in [7, 11) is 1.83. The lowest BCUT2D eigenvalue weighted by molar-refractivity contribution is 0.630. The van der Waals surface area contributed by atoms with Crippen LogP contribution in [0.5, 0.6) is 0 Å².